The van der Waals surface area contributed by atoms with E-state index in [1.807, 2.05) is 49.4 Å². The van der Waals surface area contributed by atoms with Crippen molar-refractivity contribution in [3.05, 3.63) is 66.2 Å². The summed E-state index contributed by atoms with van der Waals surface area (Å²) in [6, 6.07) is 17.6. The Labute approximate surface area is 153 Å². The Hall–Kier alpha value is -2.80. The number of rotatable bonds is 2. The molecule has 4 aromatic rings. The van der Waals surface area contributed by atoms with Crippen LogP contribution < -0.4 is 4.18 Å². The van der Waals surface area contributed by atoms with Gasteiger partial charge in [-0.25, -0.2) is 0 Å². The molecule has 27 heavy (non-hydrogen) atoms. The van der Waals surface area contributed by atoms with E-state index in [1.54, 1.807) is 6.07 Å². The maximum Gasteiger partial charge on any atom is 0.534 e. The molecule has 4 aromatic carbocycles. The maximum atomic E-state index is 12.6. The molecule has 0 heterocycles. The molecule has 0 aliphatic heterocycles. The topological polar surface area (TPSA) is 43.4 Å². The quantitative estimate of drug-likeness (QED) is 0.251. The van der Waals surface area contributed by atoms with Crippen LogP contribution in [0, 0.1) is 6.92 Å². The molecule has 0 saturated heterocycles. The van der Waals surface area contributed by atoms with Crippen LogP contribution in [0.1, 0.15) is 5.56 Å². The molecule has 0 saturated carbocycles. The Balaban J connectivity index is 2.04. The van der Waals surface area contributed by atoms with Gasteiger partial charge in [0.1, 0.15) is 5.75 Å². The summed E-state index contributed by atoms with van der Waals surface area (Å²) in [4.78, 5) is 0. The average Bonchev–Trinajstić information content (AvgIpc) is 2.60. The van der Waals surface area contributed by atoms with Gasteiger partial charge in [-0.2, -0.15) is 21.6 Å². The van der Waals surface area contributed by atoms with E-state index < -0.39 is 15.6 Å². The van der Waals surface area contributed by atoms with Gasteiger partial charge >= 0.3 is 15.6 Å². The van der Waals surface area contributed by atoms with Crippen molar-refractivity contribution in [2.75, 3.05) is 0 Å². The van der Waals surface area contributed by atoms with Crippen molar-refractivity contribution in [2.24, 2.45) is 0 Å². The fourth-order valence-corrected chi connectivity index (χ4v) is 3.73. The lowest BCUT2D eigenvalue weighted by Gasteiger charge is -2.13. The first-order valence-electron chi connectivity index (χ1n) is 8.03. The van der Waals surface area contributed by atoms with Crippen molar-refractivity contribution < 1.29 is 25.8 Å². The molecule has 0 unspecified atom stereocenters. The molecule has 0 amide bonds. The number of fused-ring (bicyclic) bond motifs is 6. The van der Waals surface area contributed by atoms with Crippen LogP contribution in [0.2, 0.25) is 0 Å². The minimum Gasteiger partial charge on any atom is -0.376 e. The van der Waals surface area contributed by atoms with Crippen molar-refractivity contribution >= 4 is 42.4 Å². The number of hydrogen-bond donors (Lipinski definition) is 0. The minimum absolute atomic E-state index is 0.378. The van der Waals surface area contributed by atoms with Crippen molar-refractivity contribution in [2.45, 2.75) is 12.4 Å². The smallest absolute Gasteiger partial charge is 0.376 e. The summed E-state index contributed by atoms with van der Waals surface area (Å²) in [6.45, 7) is 1.95. The molecule has 138 valence electrons. The van der Waals surface area contributed by atoms with Gasteiger partial charge in [-0.05, 0) is 57.4 Å². The highest BCUT2D eigenvalue weighted by Crippen LogP contribution is 2.38. The van der Waals surface area contributed by atoms with Gasteiger partial charge in [0.15, 0.2) is 0 Å². The van der Waals surface area contributed by atoms with E-state index in [1.165, 1.54) is 12.1 Å². The average molecular weight is 390 g/mol. The Bertz CT molecular complexity index is 1310. The third-order valence-electron chi connectivity index (χ3n) is 4.45. The van der Waals surface area contributed by atoms with Crippen LogP contribution in [0.15, 0.2) is 60.7 Å². The van der Waals surface area contributed by atoms with Crippen LogP contribution in [0.3, 0.4) is 0 Å². The van der Waals surface area contributed by atoms with Crippen LogP contribution in [-0.2, 0) is 10.1 Å². The van der Waals surface area contributed by atoms with Gasteiger partial charge in [-0.1, -0.05) is 48.0 Å². The van der Waals surface area contributed by atoms with E-state index in [-0.39, 0.29) is 5.75 Å². The van der Waals surface area contributed by atoms with E-state index >= 15 is 0 Å². The van der Waals surface area contributed by atoms with Gasteiger partial charge in [-0.15, -0.1) is 0 Å². The number of alkyl halides is 3. The van der Waals surface area contributed by atoms with Crippen LogP contribution in [-0.4, -0.2) is 13.9 Å². The normalized spacial score (nSPS) is 12.7. The van der Waals surface area contributed by atoms with Crippen molar-refractivity contribution in [3.8, 4) is 5.75 Å². The minimum atomic E-state index is -5.72. The second-order valence-corrected chi connectivity index (χ2v) is 7.82. The van der Waals surface area contributed by atoms with Gasteiger partial charge in [0.25, 0.3) is 0 Å². The Morgan fingerprint density at radius 1 is 0.741 bits per heavy atom. The molecule has 3 nitrogen and oxygen atoms in total. The van der Waals surface area contributed by atoms with E-state index in [2.05, 4.69) is 4.18 Å². The third-order valence-corrected chi connectivity index (χ3v) is 5.43. The summed E-state index contributed by atoms with van der Waals surface area (Å²) >= 11 is 0. The Kier molecular flexibility index (Phi) is 3.82. The van der Waals surface area contributed by atoms with E-state index in [4.69, 9.17) is 0 Å². The molecule has 7 heteroatoms. The molecule has 0 N–H and O–H groups in total. The molecule has 0 radical (unpaired) electrons. The number of halogens is 3. The number of aryl methyl sites for hydroxylation is 1. The summed E-state index contributed by atoms with van der Waals surface area (Å²) in [6.07, 6.45) is 0. The molecule has 4 rings (SSSR count). The largest absolute Gasteiger partial charge is 0.534 e. The lowest BCUT2D eigenvalue weighted by Crippen LogP contribution is -2.28. The molecule has 0 aromatic heterocycles. The van der Waals surface area contributed by atoms with Crippen molar-refractivity contribution in [1.29, 1.82) is 0 Å². The van der Waals surface area contributed by atoms with Crippen molar-refractivity contribution in [1.82, 2.24) is 0 Å². The summed E-state index contributed by atoms with van der Waals surface area (Å²) in [7, 11) is -5.72. The zero-order valence-corrected chi connectivity index (χ0v) is 14.9. The summed E-state index contributed by atoms with van der Waals surface area (Å²) < 4.78 is 64.8. The van der Waals surface area contributed by atoms with Gasteiger partial charge in [-0.3, -0.25) is 0 Å². The molecule has 0 spiro atoms. The van der Waals surface area contributed by atoms with Crippen LogP contribution in [0.4, 0.5) is 13.2 Å². The lowest BCUT2D eigenvalue weighted by atomic mass is 9.93. The van der Waals surface area contributed by atoms with E-state index in [9.17, 15) is 21.6 Å². The van der Waals surface area contributed by atoms with Crippen LogP contribution in [0.5, 0.6) is 5.75 Å². The van der Waals surface area contributed by atoms with Crippen LogP contribution in [0.25, 0.3) is 32.3 Å². The van der Waals surface area contributed by atoms with Crippen LogP contribution >= 0.6 is 0 Å². The predicted molar refractivity (Wildman–Crippen MR) is 99.3 cm³/mol. The molecule has 0 aliphatic carbocycles. The third kappa shape index (κ3) is 2.88. The molecule has 0 aliphatic rings. The standard InChI is InChI=1S/C20H13F3O3S/c1-12-6-8-17-18(10-12)15-5-3-2-4-14(15)16-9-7-13(11-19(16)17)26-27(24,25)20(21,22)23/h2-11H,1H3. The van der Waals surface area contributed by atoms with Gasteiger partial charge in [0.2, 0.25) is 0 Å². The molecule has 0 bridgehead atoms. The lowest BCUT2D eigenvalue weighted by molar-refractivity contribution is -0.0500. The summed E-state index contributed by atoms with van der Waals surface area (Å²) in [5, 5.41) is 5.12. The first-order chi connectivity index (χ1) is 12.7. The Morgan fingerprint density at radius 3 is 1.93 bits per heavy atom. The Morgan fingerprint density at radius 2 is 1.26 bits per heavy atom. The predicted octanol–water partition coefficient (Wildman–Crippen LogP) is 5.68. The fourth-order valence-electron chi connectivity index (χ4n) is 3.28. The maximum absolute atomic E-state index is 12.6. The molecule has 0 atom stereocenters. The zero-order valence-electron chi connectivity index (χ0n) is 14.0. The first kappa shape index (κ1) is 17.6. The number of hydrogen-bond acceptors (Lipinski definition) is 3. The second-order valence-electron chi connectivity index (χ2n) is 6.29. The van der Waals surface area contributed by atoms with Gasteiger partial charge in [0, 0.05) is 0 Å². The molecule has 0 fully saturated rings. The monoisotopic (exact) mass is 390 g/mol. The SMILES string of the molecule is Cc1ccc2c(c1)c1ccccc1c1ccc(OS(=O)(=O)C(F)(F)F)cc12. The van der Waals surface area contributed by atoms with Crippen molar-refractivity contribution in [3.63, 3.8) is 0 Å². The summed E-state index contributed by atoms with van der Waals surface area (Å²) in [5.74, 6) is -0.378. The molecular formula is C20H13F3O3S. The highest BCUT2D eigenvalue weighted by atomic mass is 32.2. The van der Waals surface area contributed by atoms with Gasteiger partial charge in [0.05, 0.1) is 0 Å². The van der Waals surface area contributed by atoms with Gasteiger partial charge < -0.3 is 4.18 Å². The molecular weight excluding hydrogens is 377 g/mol. The fraction of sp³-hybridized carbons (Fsp3) is 0.100. The summed E-state index contributed by atoms with van der Waals surface area (Å²) in [5.41, 5.74) is -4.44. The highest BCUT2D eigenvalue weighted by molar-refractivity contribution is 7.88. The highest BCUT2D eigenvalue weighted by Gasteiger charge is 2.48. The number of benzene rings is 4. The van der Waals surface area contributed by atoms with E-state index in [0.717, 1.165) is 32.5 Å². The zero-order chi connectivity index (χ0) is 19.4. The second kappa shape index (κ2) is 5.85. The first-order valence-corrected chi connectivity index (χ1v) is 9.44. The van der Waals surface area contributed by atoms with E-state index in [0.29, 0.717) is 5.39 Å².